The fourth-order valence-corrected chi connectivity index (χ4v) is 7.05. The van der Waals surface area contributed by atoms with Crippen LogP contribution in [-0.4, -0.2) is 82.8 Å². The number of halogens is 3. The van der Waals surface area contributed by atoms with Gasteiger partial charge in [-0.2, -0.15) is 28.5 Å². The summed E-state index contributed by atoms with van der Waals surface area (Å²) in [5, 5.41) is 15.3. The molecule has 0 spiro atoms. The number of nitrogens with one attached hydrogen (secondary N) is 1. The summed E-state index contributed by atoms with van der Waals surface area (Å²) in [4.78, 5) is 23.9. The molecule has 236 valence electrons. The van der Waals surface area contributed by atoms with E-state index in [9.17, 15) is 18.4 Å². The molecule has 0 aromatic carbocycles. The van der Waals surface area contributed by atoms with E-state index >= 15 is 0 Å². The lowest BCUT2D eigenvalue weighted by Gasteiger charge is -2.53. The van der Waals surface area contributed by atoms with E-state index in [1.807, 2.05) is 23.1 Å². The first-order valence-electron chi connectivity index (χ1n) is 15.6. The molecule has 1 saturated carbocycles. The largest absolute Gasteiger partial charge is 0.474 e. The highest BCUT2D eigenvalue weighted by molar-refractivity contribution is 5.90. The molecule has 3 aliphatic rings. The van der Waals surface area contributed by atoms with Crippen molar-refractivity contribution in [1.29, 1.82) is 5.26 Å². The molecule has 2 saturated heterocycles. The second kappa shape index (κ2) is 12.0. The van der Waals surface area contributed by atoms with Gasteiger partial charge in [-0.25, -0.2) is 15.0 Å². The van der Waals surface area contributed by atoms with E-state index in [1.165, 1.54) is 6.33 Å². The number of fused-ring (bicyclic) bond motifs is 1. The van der Waals surface area contributed by atoms with Crippen LogP contribution in [0.25, 0.3) is 22.3 Å². The van der Waals surface area contributed by atoms with Crippen LogP contribution in [0.3, 0.4) is 0 Å². The van der Waals surface area contributed by atoms with Gasteiger partial charge in [-0.05, 0) is 57.7 Å². The van der Waals surface area contributed by atoms with Gasteiger partial charge in [-0.3, -0.25) is 14.5 Å². The van der Waals surface area contributed by atoms with Crippen LogP contribution in [0.4, 0.5) is 13.2 Å². The number of hydrogen-bond acceptors (Lipinski definition) is 9. The zero-order chi connectivity index (χ0) is 31.0. The number of nitrogens with zero attached hydrogens (tertiary/aromatic N) is 9. The van der Waals surface area contributed by atoms with Crippen molar-refractivity contribution in [1.82, 2.24) is 44.5 Å². The standard InChI is InChI=1S/C31H35F3N10O/c32-31(33,34)29-40-22(17-42-12-2-1-3-13-42)14-26(41-29)45-24-6-4-23(5-7-24)43-18-30(19-43,9-10-35)44-16-21(15-39-44)27-25-8-11-36-28(25)38-20-37-27/h8,11,14-16,20,23-24H,1-7,9,12-13,17-19H2,(H,36,37,38). The van der Waals surface area contributed by atoms with Crippen LogP contribution in [0, 0.1) is 11.3 Å². The van der Waals surface area contributed by atoms with E-state index in [-0.39, 0.29) is 12.0 Å². The predicted octanol–water partition coefficient (Wildman–Crippen LogP) is 4.93. The number of aromatic amines is 1. The van der Waals surface area contributed by atoms with Gasteiger partial charge < -0.3 is 9.72 Å². The highest BCUT2D eigenvalue weighted by Crippen LogP contribution is 2.39. The number of hydrogen-bond donors (Lipinski definition) is 1. The van der Waals surface area contributed by atoms with Crippen LogP contribution in [-0.2, 0) is 18.3 Å². The van der Waals surface area contributed by atoms with E-state index in [2.05, 4.69) is 45.9 Å². The van der Waals surface area contributed by atoms with Gasteiger partial charge in [0.15, 0.2) is 0 Å². The lowest BCUT2D eigenvalue weighted by atomic mass is 9.82. The Morgan fingerprint density at radius 1 is 1.07 bits per heavy atom. The second-order valence-corrected chi connectivity index (χ2v) is 12.5. The van der Waals surface area contributed by atoms with Crippen LogP contribution in [0.2, 0.25) is 0 Å². The molecule has 0 radical (unpaired) electrons. The number of nitriles is 1. The first kappa shape index (κ1) is 29.6. The normalized spacial score (nSPS) is 22.6. The fraction of sp³-hybridized carbons (Fsp3) is 0.548. The van der Waals surface area contributed by atoms with Gasteiger partial charge in [0.1, 0.15) is 23.6 Å². The van der Waals surface area contributed by atoms with E-state index in [1.54, 1.807) is 12.3 Å². The summed E-state index contributed by atoms with van der Waals surface area (Å²) in [5.74, 6) is -1.14. The first-order valence-corrected chi connectivity index (χ1v) is 15.6. The van der Waals surface area contributed by atoms with Gasteiger partial charge in [-0.15, -0.1) is 0 Å². The molecule has 0 amide bonds. The van der Waals surface area contributed by atoms with Crippen molar-refractivity contribution in [2.24, 2.45) is 0 Å². The molecule has 7 rings (SSSR count). The number of likely N-dealkylation sites (tertiary alicyclic amines) is 2. The molecule has 4 aromatic rings. The molecule has 0 bridgehead atoms. The second-order valence-electron chi connectivity index (χ2n) is 12.5. The number of piperidine rings is 1. The average molecular weight is 621 g/mol. The van der Waals surface area contributed by atoms with Crippen LogP contribution >= 0.6 is 0 Å². The van der Waals surface area contributed by atoms with Crippen LogP contribution in [0.15, 0.2) is 37.1 Å². The highest BCUT2D eigenvalue weighted by atomic mass is 19.4. The van der Waals surface area contributed by atoms with E-state index < -0.39 is 17.5 Å². The molecule has 2 aliphatic heterocycles. The zero-order valence-corrected chi connectivity index (χ0v) is 24.9. The fourth-order valence-electron chi connectivity index (χ4n) is 7.05. The van der Waals surface area contributed by atoms with Gasteiger partial charge >= 0.3 is 6.18 Å². The molecule has 1 aliphatic carbocycles. The molecule has 11 nitrogen and oxygen atoms in total. The minimum atomic E-state index is -4.64. The Bertz CT molecular complexity index is 1670. The molecular formula is C31H35F3N10O. The maximum atomic E-state index is 13.6. The molecule has 14 heteroatoms. The smallest absolute Gasteiger partial charge is 0.451 e. The highest BCUT2D eigenvalue weighted by Gasteiger charge is 2.48. The third-order valence-corrected chi connectivity index (χ3v) is 9.39. The zero-order valence-electron chi connectivity index (χ0n) is 24.9. The molecule has 4 aromatic heterocycles. The van der Waals surface area contributed by atoms with Crippen molar-refractivity contribution in [3.8, 4) is 23.2 Å². The van der Waals surface area contributed by atoms with E-state index in [0.29, 0.717) is 50.6 Å². The third-order valence-electron chi connectivity index (χ3n) is 9.39. The number of rotatable bonds is 8. The van der Waals surface area contributed by atoms with Crippen molar-refractivity contribution < 1.29 is 17.9 Å². The van der Waals surface area contributed by atoms with E-state index in [0.717, 1.165) is 67.5 Å². The quantitative estimate of drug-likeness (QED) is 0.292. The summed E-state index contributed by atoms with van der Waals surface area (Å²) < 4.78 is 48.9. The van der Waals surface area contributed by atoms with Crippen LogP contribution in [0.1, 0.15) is 62.9 Å². The van der Waals surface area contributed by atoms with E-state index in [4.69, 9.17) is 4.74 Å². The van der Waals surface area contributed by atoms with Gasteiger partial charge in [0.2, 0.25) is 11.7 Å². The molecular weight excluding hydrogens is 585 g/mol. The maximum Gasteiger partial charge on any atom is 0.451 e. The minimum absolute atomic E-state index is 0.000129. The first-order chi connectivity index (χ1) is 21.8. The van der Waals surface area contributed by atoms with Crippen molar-refractivity contribution in [2.75, 3.05) is 26.2 Å². The van der Waals surface area contributed by atoms with Gasteiger partial charge in [0, 0.05) is 55.1 Å². The third kappa shape index (κ3) is 6.11. The van der Waals surface area contributed by atoms with Gasteiger partial charge in [0.25, 0.3) is 0 Å². The number of ether oxygens (including phenoxy) is 1. The Kier molecular flexibility index (Phi) is 7.91. The van der Waals surface area contributed by atoms with Gasteiger partial charge in [-0.1, -0.05) is 6.42 Å². The SMILES string of the molecule is N#CCC1(n2cc(-c3ncnc4[nH]ccc34)cn2)CN(C2CCC(Oc3cc(CN4CCCCC4)nc(C(F)(F)F)n3)CC2)C1. The maximum absolute atomic E-state index is 13.6. The Balaban J connectivity index is 0.981. The lowest BCUT2D eigenvalue weighted by molar-refractivity contribution is -0.145. The monoisotopic (exact) mass is 620 g/mol. The van der Waals surface area contributed by atoms with Crippen molar-refractivity contribution in [2.45, 2.75) is 81.8 Å². The summed E-state index contributed by atoms with van der Waals surface area (Å²) in [7, 11) is 0. The Morgan fingerprint density at radius 3 is 2.62 bits per heavy atom. The summed E-state index contributed by atoms with van der Waals surface area (Å²) in [6.45, 7) is 3.47. The number of alkyl halides is 3. The molecule has 0 atom stereocenters. The van der Waals surface area contributed by atoms with Gasteiger partial charge in [0.05, 0.1) is 30.1 Å². The van der Waals surface area contributed by atoms with Crippen molar-refractivity contribution >= 4 is 11.0 Å². The number of H-pyrrole nitrogens is 1. The lowest BCUT2D eigenvalue weighted by Crippen LogP contribution is -2.65. The van der Waals surface area contributed by atoms with Crippen molar-refractivity contribution in [3.63, 3.8) is 0 Å². The molecule has 6 heterocycles. The summed E-state index contributed by atoms with van der Waals surface area (Å²) >= 11 is 0. The Labute approximate surface area is 258 Å². The molecule has 3 fully saturated rings. The number of aromatic nitrogens is 7. The minimum Gasteiger partial charge on any atom is -0.474 e. The molecule has 0 unspecified atom stereocenters. The predicted molar refractivity (Wildman–Crippen MR) is 158 cm³/mol. The van der Waals surface area contributed by atoms with Crippen molar-refractivity contribution in [3.05, 3.63) is 48.6 Å². The average Bonchev–Trinajstić information content (AvgIpc) is 3.70. The summed E-state index contributed by atoms with van der Waals surface area (Å²) in [5.41, 5.74) is 2.33. The van der Waals surface area contributed by atoms with Crippen LogP contribution in [0.5, 0.6) is 5.88 Å². The Hall–Kier alpha value is -4.09. The summed E-state index contributed by atoms with van der Waals surface area (Å²) in [6.07, 6.45) is 8.95. The molecule has 1 N–H and O–H groups in total. The van der Waals surface area contributed by atoms with Crippen LogP contribution < -0.4 is 4.74 Å². The summed E-state index contributed by atoms with van der Waals surface area (Å²) in [6, 6.07) is 6.17. The Morgan fingerprint density at radius 2 is 1.87 bits per heavy atom. The topological polar surface area (TPSA) is 125 Å². The molecule has 45 heavy (non-hydrogen) atoms.